The third-order valence-electron chi connectivity index (χ3n) is 3.84. The fourth-order valence-corrected chi connectivity index (χ4v) is 3.16. The minimum atomic E-state index is 0.178. The van der Waals surface area contributed by atoms with Gasteiger partial charge in [-0.25, -0.2) is 0 Å². The van der Waals surface area contributed by atoms with Gasteiger partial charge in [-0.1, -0.05) is 12.1 Å². The Morgan fingerprint density at radius 1 is 1.17 bits per heavy atom. The van der Waals surface area contributed by atoms with E-state index in [-0.39, 0.29) is 12.5 Å². The molecule has 1 heterocycles. The van der Waals surface area contributed by atoms with Crippen LogP contribution in [0, 0.1) is 0 Å². The van der Waals surface area contributed by atoms with Gasteiger partial charge < -0.3 is 19.9 Å². The van der Waals surface area contributed by atoms with Crippen molar-refractivity contribution >= 4 is 11.3 Å². The summed E-state index contributed by atoms with van der Waals surface area (Å²) >= 11 is 1.67. The van der Waals surface area contributed by atoms with Gasteiger partial charge in [0.25, 0.3) is 0 Å². The van der Waals surface area contributed by atoms with Crippen LogP contribution in [0.4, 0.5) is 0 Å². The van der Waals surface area contributed by atoms with E-state index < -0.39 is 0 Å². The number of thiophene rings is 1. The first-order valence-corrected chi connectivity index (χ1v) is 9.41. The largest absolute Gasteiger partial charge is 0.491 e. The van der Waals surface area contributed by atoms with Gasteiger partial charge in [0.15, 0.2) is 0 Å². The highest BCUT2D eigenvalue weighted by Gasteiger charge is 2.09. The highest BCUT2D eigenvalue weighted by atomic mass is 32.1. The molecule has 0 fully saturated rings. The molecule has 5 heteroatoms. The topological polar surface area (TPSA) is 50.7 Å². The second kappa shape index (κ2) is 11.2. The Balaban J connectivity index is 1.65. The second-order valence-corrected chi connectivity index (χ2v) is 6.36. The maximum absolute atomic E-state index is 9.49. The van der Waals surface area contributed by atoms with Crippen LogP contribution in [0.15, 0.2) is 41.1 Å². The van der Waals surface area contributed by atoms with E-state index in [4.69, 9.17) is 9.47 Å². The molecule has 0 spiro atoms. The summed E-state index contributed by atoms with van der Waals surface area (Å²) in [6.45, 7) is 5.78. The molecular formula is C19H27NO3S. The second-order valence-electron chi connectivity index (χ2n) is 5.58. The molecule has 0 saturated heterocycles. The van der Waals surface area contributed by atoms with Crippen molar-refractivity contribution in [3.05, 3.63) is 52.2 Å². The molecule has 0 aliphatic rings. The van der Waals surface area contributed by atoms with Gasteiger partial charge in [0.05, 0.1) is 13.2 Å². The van der Waals surface area contributed by atoms with Crippen LogP contribution in [0.5, 0.6) is 5.75 Å². The molecule has 0 bridgehead atoms. The van der Waals surface area contributed by atoms with Gasteiger partial charge in [0.2, 0.25) is 0 Å². The summed E-state index contributed by atoms with van der Waals surface area (Å²) in [5.41, 5.74) is 2.49. The Bertz CT molecular complexity index is 542. The first kappa shape index (κ1) is 18.9. The fourth-order valence-electron chi connectivity index (χ4n) is 2.42. The Labute approximate surface area is 148 Å². The van der Waals surface area contributed by atoms with Gasteiger partial charge in [-0.05, 0) is 60.0 Å². The van der Waals surface area contributed by atoms with Gasteiger partial charge in [0, 0.05) is 19.1 Å². The van der Waals surface area contributed by atoms with Crippen LogP contribution in [0.2, 0.25) is 0 Å². The Morgan fingerprint density at radius 2 is 2.00 bits per heavy atom. The van der Waals surface area contributed by atoms with Gasteiger partial charge >= 0.3 is 0 Å². The van der Waals surface area contributed by atoms with Gasteiger partial charge in [-0.3, -0.25) is 0 Å². The molecule has 0 aliphatic heterocycles. The number of hydrogen-bond acceptors (Lipinski definition) is 5. The maximum atomic E-state index is 9.49. The maximum Gasteiger partial charge on any atom is 0.119 e. The molecule has 0 aliphatic carbocycles. The average Bonchev–Trinajstić information content (AvgIpc) is 3.14. The van der Waals surface area contributed by atoms with Gasteiger partial charge in [-0.2, -0.15) is 11.3 Å². The summed E-state index contributed by atoms with van der Waals surface area (Å²) in [6.07, 6.45) is 0.959. The fraction of sp³-hybridized carbons (Fsp3) is 0.474. The van der Waals surface area contributed by atoms with Crippen LogP contribution < -0.4 is 10.1 Å². The molecule has 0 saturated carbocycles. The average molecular weight is 349 g/mol. The summed E-state index contributed by atoms with van der Waals surface area (Å²) in [6, 6.07) is 10.3. The van der Waals surface area contributed by atoms with Crippen LogP contribution >= 0.6 is 11.3 Å². The molecule has 0 radical (unpaired) electrons. The molecule has 1 atom stereocenters. The van der Waals surface area contributed by atoms with Crippen molar-refractivity contribution in [2.24, 2.45) is 0 Å². The Hall–Kier alpha value is -1.40. The Kier molecular flexibility index (Phi) is 8.84. The lowest BCUT2D eigenvalue weighted by atomic mass is 10.0. The number of rotatable bonds is 12. The zero-order valence-electron chi connectivity index (χ0n) is 14.2. The highest BCUT2D eigenvalue weighted by molar-refractivity contribution is 7.07. The van der Waals surface area contributed by atoms with Crippen LogP contribution in [0.25, 0.3) is 0 Å². The monoisotopic (exact) mass is 349 g/mol. The summed E-state index contributed by atoms with van der Waals surface area (Å²) in [5, 5.41) is 17.1. The lowest BCUT2D eigenvalue weighted by Gasteiger charge is -2.14. The molecule has 1 aromatic heterocycles. The minimum absolute atomic E-state index is 0.178. The SMILES string of the molecule is CCOCCOc1ccc(CCNCC(CO)c2ccsc2)cc1. The zero-order chi connectivity index (χ0) is 17.0. The molecule has 1 unspecified atom stereocenters. The predicted octanol–water partition coefficient (Wildman–Crippen LogP) is 3.07. The molecule has 2 aromatic rings. The molecule has 24 heavy (non-hydrogen) atoms. The molecule has 2 rings (SSSR count). The Morgan fingerprint density at radius 3 is 2.67 bits per heavy atom. The van der Waals surface area contributed by atoms with Gasteiger partial charge in [-0.15, -0.1) is 0 Å². The summed E-state index contributed by atoms with van der Waals surface area (Å²) in [5.74, 6) is 1.06. The number of aliphatic hydroxyl groups is 1. The van der Waals surface area contributed by atoms with E-state index >= 15 is 0 Å². The van der Waals surface area contributed by atoms with Crippen LogP contribution in [0.1, 0.15) is 24.0 Å². The summed E-state index contributed by atoms with van der Waals surface area (Å²) in [7, 11) is 0. The minimum Gasteiger partial charge on any atom is -0.491 e. The number of nitrogens with one attached hydrogen (secondary N) is 1. The highest BCUT2D eigenvalue weighted by Crippen LogP contribution is 2.17. The number of hydrogen-bond donors (Lipinski definition) is 2. The van der Waals surface area contributed by atoms with Crippen molar-refractivity contribution in [2.45, 2.75) is 19.3 Å². The van der Waals surface area contributed by atoms with Crippen molar-refractivity contribution in [1.29, 1.82) is 0 Å². The van der Waals surface area contributed by atoms with E-state index in [9.17, 15) is 5.11 Å². The van der Waals surface area contributed by atoms with Crippen LogP contribution in [-0.4, -0.2) is 44.6 Å². The molecule has 132 valence electrons. The molecular weight excluding hydrogens is 322 g/mol. The van der Waals surface area contributed by atoms with E-state index in [1.165, 1.54) is 11.1 Å². The summed E-state index contributed by atoms with van der Waals surface area (Å²) < 4.78 is 10.9. The van der Waals surface area contributed by atoms with Crippen molar-refractivity contribution in [2.75, 3.05) is 39.5 Å². The zero-order valence-corrected chi connectivity index (χ0v) is 15.1. The van der Waals surface area contributed by atoms with Crippen LogP contribution in [0.3, 0.4) is 0 Å². The van der Waals surface area contributed by atoms with Crippen molar-refractivity contribution < 1.29 is 14.6 Å². The molecule has 4 nitrogen and oxygen atoms in total. The van der Waals surface area contributed by atoms with Crippen molar-refractivity contribution in [3.8, 4) is 5.75 Å². The molecule has 0 amide bonds. The number of ether oxygens (including phenoxy) is 2. The quantitative estimate of drug-likeness (QED) is 0.578. The first-order valence-electron chi connectivity index (χ1n) is 8.46. The normalized spacial score (nSPS) is 12.2. The standard InChI is InChI=1S/C19H27NO3S/c1-2-22-10-11-23-19-5-3-16(4-6-19)7-9-20-13-18(14-21)17-8-12-24-15-17/h3-6,8,12,15,18,20-21H,2,7,9-11,13-14H2,1H3. The van der Waals surface area contributed by atoms with E-state index in [1.807, 2.05) is 19.1 Å². The molecule has 2 N–H and O–H groups in total. The third kappa shape index (κ3) is 6.61. The predicted molar refractivity (Wildman–Crippen MR) is 99.1 cm³/mol. The van der Waals surface area contributed by atoms with Crippen molar-refractivity contribution in [1.82, 2.24) is 5.32 Å². The lowest BCUT2D eigenvalue weighted by molar-refractivity contribution is 0.110. The first-order chi connectivity index (χ1) is 11.8. The van der Waals surface area contributed by atoms with E-state index in [0.717, 1.165) is 31.9 Å². The third-order valence-corrected chi connectivity index (χ3v) is 4.54. The number of benzene rings is 1. The molecule has 1 aromatic carbocycles. The smallest absolute Gasteiger partial charge is 0.119 e. The van der Waals surface area contributed by atoms with E-state index in [2.05, 4.69) is 34.3 Å². The summed E-state index contributed by atoms with van der Waals surface area (Å²) in [4.78, 5) is 0. The lowest BCUT2D eigenvalue weighted by Crippen LogP contribution is -2.25. The van der Waals surface area contributed by atoms with Gasteiger partial charge in [0.1, 0.15) is 12.4 Å². The van der Waals surface area contributed by atoms with E-state index in [1.54, 1.807) is 11.3 Å². The number of aliphatic hydroxyl groups excluding tert-OH is 1. The van der Waals surface area contributed by atoms with Crippen LogP contribution in [-0.2, 0) is 11.2 Å². The van der Waals surface area contributed by atoms with E-state index in [0.29, 0.717) is 13.2 Å². The van der Waals surface area contributed by atoms with Crippen molar-refractivity contribution in [3.63, 3.8) is 0 Å².